The normalized spacial score (nSPS) is 16.9. The highest BCUT2D eigenvalue weighted by Gasteiger charge is 2.44. The topological polar surface area (TPSA) is 74.0 Å². The van der Waals surface area contributed by atoms with E-state index in [2.05, 4.69) is 0 Å². The first-order chi connectivity index (χ1) is 14.4. The molecule has 2 heterocycles. The minimum Gasteiger partial charge on any atom is -0.503 e. The minimum atomic E-state index is -0.753. The van der Waals surface area contributed by atoms with Gasteiger partial charge in [-0.05, 0) is 43.9 Å². The number of furan rings is 1. The number of carbonyl (C=O) groups excluding carboxylic acids is 2. The maximum absolute atomic E-state index is 13.4. The number of aliphatic hydroxyl groups excluding tert-OH is 1. The van der Waals surface area contributed by atoms with Crippen molar-refractivity contribution in [2.75, 3.05) is 27.2 Å². The van der Waals surface area contributed by atoms with Gasteiger partial charge in [0.25, 0.3) is 5.91 Å². The molecule has 0 bridgehead atoms. The molecule has 3 aromatic rings. The summed E-state index contributed by atoms with van der Waals surface area (Å²) in [4.78, 5) is 29.7. The van der Waals surface area contributed by atoms with Crippen molar-refractivity contribution in [2.24, 2.45) is 0 Å². The number of likely N-dealkylation sites (N-methyl/N-ethyl adjacent to an activating group) is 1. The van der Waals surface area contributed by atoms with E-state index in [9.17, 15) is 14.7 Å². The third-order valence-corrected chi connectivity index (χ3v) is 5.39. The summed E-state index contributed by atoms with van der Waals surface area (Å²) in [5.41, 5.74) is 1.22. The van der Waals surface area contributed by atoms with Gasteiger partial charge >= 0.3 is 0 Å². The van der Waals surface area contributed by atoms with E-state index in [1.165, 1.54) is 4.90 Å². The number of rotatable bonds is 6. The van der Waals surface area contributed by atoms with Gasteiger partial charge in [0, 0.05) is 23.5 Å². The number of hydrogen-bond acceptors (Lipinski definition) is 5. The second-order valence-corrected chi connectivity index (χ2v) is 7.94. The summed E-state index contributed by atoms with van der Waals surface area (Å²) >= 11 is 6.18. The molecule has 1 amide bonds. The van der Waals surface area contributed by atoms with Gasteiger partial charge in [0.15, 0.2) is 11.5 Å². The molecule has 1 aliphatic heterocycles. The van der Waals surface area contributed by atoms with Crippen molar-refractivity contribution >= 4 is 34.3 Å². The first kappa shape index (κ1) is 20.2. The number of amides is 1. The van der Waals surface area contributed by atoms with Gasteiger partial charge in [-0.15, -0.1) is 0 Å². The Morgan fingerprint density at radius 3 is 2.63 bits per heavy atom. The molecular formula is C23H21ClN2O4. The molecule has 1 aromatic heterocycles. The number of nitrogens with zero attached hydrogens (tertiary/aromatic N) is 2. The SMILES string of the molecule is CN(C)CCN1C(=O)C(O)=C(C(=O)c2cc3ccccc3o2)C1c1cccc(Cl)c1. The Hall–Kier alpha value is -3.09. The summed E-state index contributed by atoms with van der Waals surface area (Å²) in [5, 5.41) is 11.9. The number of para-hydroxylation sites is 1. The quantitative estimate of drug-likeness (QED) is 0.599. The van der Waals surface area contributed by atoms with E-state index in [-0.39, 0.29) is 11.3 Å². The van der Waals surface area contributed by atoms with Crippen molar-refractivity contribution in [1.82, 2.24) is 9.80 Å². The highest BCUT2D eigenvalue weighted by Crippen LogP contribution is 2.40. The van der Waals surface area contributed by atoms with Gasteiger partial charge in [-0.3, -0.25) is 9.59 Å². The molecule has 0 spiro atoms. The van der Waals surface area contributed by atoms with Gasteiger partial charge < -0.3 is 19.3 Å². The molecule has 1 aliphatic rings. The molecule has 1 unspecified atom stereocenters. The number of Topliss-reactive ketones (excluding diaryl/α,β-unsaturated/α-hetero) is 1. The summed E-state index contributed by atoms with van der Waals surface area (Å²) in [5.74, 6) is -1.58. The van der Waals surface area contributed by atoms with E-state index < -0.39 is 23.5 Å². The smallest absolute Gasteiger partial charge is 0.290 e. The number of fused-ring (bicyclic) bond motifs is 1. The summed E-state index contributed by atoms with van der Waals surface area (Å²) in [7, 11) is 3.78. The molecule has 154 valence electrons. The van der Waals surface area contributed by atoms with Crippen LogP contribution in [0.25, 0.3) is 11.0 Å². The summed E-state index contributed by atoms with van der Waals surface area (Å²) in [6.07, 6.45) is 0. The van der Waals surface area contributed by atoms with E-state index >= 15 is 0 Å². The zero-order valence-electron chi connectivity index (χ0n) is 16.6. The number of carbonyl (C=O) groups is 2. The Balaban J connectivity index is 1.79. The average molecular weight is 425 g/mol. The Morgan fingerprint density at radius 1 is 1.17 bits per heavy atom. The molecule has 1 atom stereocenters. The van der Waals surface area contributed by atoms with Crippen molar-refractivity contribution < 1.29 is 19.1 Å². The number of ketones is 1. The molecular weight excluding hydrogens is 404 g/mol. The highest BCUT2D eigenvalue weighted by molar-refractivity contribution is 6.30. The van der Waals surface area contributed by atoms with E-state index in [1.807, 2.05) is 37.2 Å². The van der Waals surface area contributed by atoms with Crippen molar-refractivity contribution in [3.63, 3.8) is 0 Å². The average Bonchev–Trinajstić information content (AvgIpc) is 3.26. The lowest BCUT2D eigenvalue weighted by Gasteiger charge is -2.28. The van der Waals surface area contributed by atoms with Crippen LogP contribution in [0.4, 0.5) is 0 Å². The second kappa shape index (κ2) is 7.97. The standard InChI is InChI=1S/C23H21ClN2O4/c1-25(2)10-11-26-20(15-7-5-8-16(24)12-15)19(22(28)23(26)29)21(27)18-13-14-6-3-4-9-17(14)30-18/h3-9,12-13,20,28H,10-11H2,1-2H3. The van der Waals surface area contributed by atoms with E-state index in [0.29, 0.717) is 29.3 Å². The third kappa shape index (κ3) is 3.60. The highest BCUT2D eigenvalue weighted by atomic mass is 35.5. The molecule has 0 saturated heterocycles. The predicted octanol–water partition coefficient (Wildman–Crippen LogP) is 4.23. The van der Waals surface area contributed by atoms with Crippen LogP contribution in [0.2, 0.25) is 5.02 Å². The van der Waals surface area contributed by atoms with Crippen LogP contribution in [0.3, 0.4) is 0 Å². The number of aliphatic hydroxyl groups is 1. The monoisotopic (exact) mass is 424 g/mol. The molecule has 0 radical (unpaired) electrons. The Morgan fingerprint density at radius 2 is 1.93 bits per heavy atom. The minimum absolute atomic E-state index is 0.0000731. The number of benzene rings is 2. The maximum Gasteiger partial charge on any atom is 0.290 e. The third-order valence-electron chi connectivity index (χ3n) is 5.15. The Bertz CT molecular complexity index is 1130. The molecule has 6 nitrogen and oxygen atoms in total. The first-order valence-electron chi connectivity index (χ1n) is 9.54. The predicted molar refractivity (Wildman–Crippen MR) is 115 cm³/mol. The van der Waals surface area contributed by atoms with Gasteiger partial charge in [-0.1, -0.05) is 41.9 Å². The summed E-state index contributed by atoms with van der Waals surface area (Å²) in [6, 6.07) is 15.1. The van der Waals surface area contributed by atoms with Crippen LogP contribution >= 0.6 is 11.6 Å². The summed E-state index contributed by atoms with van der Waals surface area (Å²) < 4.78 is 5.71. The molecule has 0 fully saturated rings. The largest absolute Gasteiger partial charge is 0.503 e. The van der Waals surface area contributed by atoms with Crippen LogP contribution in [0, 0.1) is 0 Å². The van der Waals surface area contributed by atoms with Crippen molar-refractivity contribution in [1.29, 1.82) is 0 Å². The van der Waals surface area contributed by atoms with Gasteiger partial charge in [0.1, 0.15) is 5.58 Å². The zero-order valence-corrected chi connectivity index (χ0v) is 17.4. The molecule has 2 aromatic carbocycles. The maximum atomic E-state index is 13.4. The number of halogens is 1. The van der Waals surface area contributed by atoms with Gasteiger partial charge in [0.2, 0.25) is 5.78 Å². The van der Waals surface area contributed by atoms with Crippen molar-refractivity contribution in [2.45, 2.75) is 6.04 Å². The van der Waals surface area contributed by atoms with E-state index in [0.717, 1.165) is 5.39 Å². The lowest BCUT2D eigenvalue weighted by atomic mass is 9.95. The number of hydrogen-bond donors (Lipinski definition) is 1. The van der Waals surface area contributed by atoms with Gasteiger partial charge in [-0.25, -0.2) is 0 Å². The second-order valence-electron chi connectivity index (χ2n) is 7.50. The fourth-order valence-electron chi connectivity index (χ4n) is 3.67. The van der Waals surface area contributed by atoms with Crippen LogP contribution in [0.1, 0.15) is 22.2 Å². The molecule has 0 saturated carbocycles. The molecule has 7 heteroatoms. The fraction of sp³-hybridized carbons (Fsp3) is 0.217. The molecule has 0 aliphatic carbocycles. The van der Waals surface area contributed by atoms with E-state index in [4.69, 9.17) is 16.0 Å². The van der Waals surface area contributed by atoms with Crippen LogP contribution in [0.15, 0.2) is 70.3 Å². The Kier molecular flexibility index (Phi) is 5.37. The van der Waals surface area contributed by atoms with Crippen LogP contribution in [0.5, 0.6) is 0 Å². The van der Waals surface area contributed by atoms with Crippen LogP contribution < -0.4 is 0 Å². The Labute approximate surface area is 178 Å². The van der Waals surface area contributed by atoms with E-state index in [1.54, 1.807) is 36.4 Å². The zero-order chi connectivity index (χ0) is 21.4. The lowest BCUT2D eigenvalue weighted by Crippen LogP contribution is -2.36. The van der Waals surface area contributed by atoms with Crippen LogP contribution in [-0.2, 0) is 4.79 Å². The van der Waals surface area contributed by atoms with Gasteiger partial charge in [0.05, 0.1) is 11.6 Å². The molecule has 1 N–H and O–H groups in total. The molecule has 30 heavy (non-hydrogen) atoms. The summed E-state index contributed by atoms with van der Waals surface area (Å²) in [6.45, 7) is 0.909. The fourth-order valence-corrected chi connectivity index (χ4v) is 3.87. The first-order valence-corrected chi connectivity index (χ1v) is 9.92. The van der Waals surface area contributed by atoms with Crippen molar-refractivity contribution in [3.8, 4) is 0 Å². The van der Waals surface area contributed by atoms with Gasteiger partial charge in [-0.2, -0.15) is 0 Å². The molecule has 4 rings (SSSR count). The lowest BCUT2D eigenvalue weighted by molar-refractivity contribution is -0.129. The van der Waals surface area contributed by atoms with Crippen molar-refractivity contribution in [3.05, 3.63) is 82.3 Å². The van der Waals surface area contributed by atoms with Crippen LogP contribution in [-0.4, -0.2) is 53.8 Å².